The summed E-state index contributed by atoms with van der Waals surface area (Å²) in [5.41, 5.74) is 5.55. The molecule has 0 spiro atoms. The molecule has 0 saturated heterocycles. The van der Waals surface area contributed by atoms with Crippen LogP contribution in [0.2, 0.25) is 0 Å². The van der Waals surface area contributed by atoms with Crippen LogP contribution in [0.5, 0.6) is 5.75 Å². The largest absolute Gasteiger partial charge is 0.508 e. The van der Waals surface area contributed by atoms with Gasteiger partial charge in [-0.1, -0.05) is 42.5 Å². The molecule has 0 aliphatic heterocycles. The number of hydrogen-bond donors (Lipinski definition) is 5. The van der Waals surface area contributed by atoms with Crippen molar-refractivity contribution >= 4 is 17.5 Å². The van der Waals surface area contributed by atoms with Gasteiger partial charge in [0.2, 0.25) is 5.91 Å². The molecule has 196 valence electrons. The van der Waals surface area contributed by atoms with Crippen molar-refractivity contribution in [2.75, 3.05) is 11.9 Å². The number of carbonyl (C=O) groups is 2. The lowest BCUT2D eigenvalue weighted by molar-refractivity contribution is -0.137. The highest BCUT2D eigenvalue weighted by Crippen LogP contribution is 2.33. The van der Waals surface area contributed by atoms with Crippen LogP contribution in [-0.2, 0) is 22.4 Å². The lowest BCUT2D eigenvalue weighted by Crippen LogP contribution is -2.55. The van der Waals surface area contributed by atoms with Gasteiger partial charge in [0.05, 0.1) is 29.7 Å². The Hall–Kier alpha value is -4.39. The average molecular weight is 515 g/mol. The van der Waals surface area contributed by atoms with Crippen molar-refractivity contribution in [3.05, 3.63) is 94.5 Å². The maximum atomic E-state index is 13.9. The number of fused-ring (bicyclic) bond motifs is 1. The highest BCUT2D eigenvalue weighted by Gasteiger charge is 2.40. The summed E-state index contributed by atoms with van der Waals surface area (Å²) >= 11 is 0. The molecule has 1 aliphatic rings. The molecule has 0 bridgehead atoms. The van der Waals surface area contributed by atoms with Crippen LogP contribution in [-0.4, -0.2) is 46.4 Å². The van der Waals surface area contributed by atoms with Crippen molar-refractivity contribution in [3.8, 4) is 11.8 Å². The summed E-state index contributed by atoms with van der Waals surface area (Å²) in [4.78, 5) is 28.5. The SMILES string of the molecule is Cc1ccc(CC(C(=O)NC2c3ccccc3CC2O)C(C(=O)NO)N(C)c2cccc(C#N)c2)cc1O. The monoisotopic (exact) mass is 514 g/mol. The fourth-order valence-electron chi connectivity index (χ4n) is 5.04. The third-order valence-electron chi connectivity index (χ3n) is 7.13. The Balaban J connectivity index is 1.74. The number of rotatable bonds is 8. The molecule has 0 heterocycles. The number of nitrogens with one attached hydrogen (secondary N) is 2. The van der Waals surface area contributed by atoms with Gasteiger partial charge in [-0.2, -0.15) is 5.26 Å². The summed E-state index contributed by atoms with van der Waals surface area (Å²) < 4.78 is 0. The van der Waals surface area contributed by atoms with Crippen molar-refractivity contribution in [2.45, 2.75) is 38.0 Å². The number of aliphatic hydroxyl groups excluding tert-OH is 1. The summed E-state index contributed by atoms with van der Waals surface area (Å²) in [5, 5.41) is 42.9. The minimum atomic E-state index is -1.20. The molecule has 3 aromatic carbocycles. The van der Waals surface area contributed by atoms with E-state index in [2.05, 4.69) is 11.4 Å². The van der Waals surface area contributed by atoms with Gasteiger partial charge in [0.15, 0.2) is 0 Å². The normalized spacial score (nSPS) is 17.6. The number of hydrogen-bond acceptors (Lipinski definition) is 7. The lowest BCUT2D eigenvalue weighted by atomic mass is 9.88. The Morgan fingerprint density at radius 3 is 2.58 bits per heavy atom. The lowest BCUT2D eigenvalue weighted by Gasteiger charge is -2.35. The minimum Gasteiger partial charge on any atom is -0.508 e. The molecule has 5 N–H and O–H groups in total. The van der Waals surface area contributed by atoms with E-state index in [0.717, 1.165) is 11.1 Å². The predicted molar refractivity (Wildman–Crippen MR) is 140 cm³/mol. The number of phenols is 1. The number of nitriles is 1. The maximum Gasteiger partial charge on any atom is 0.266 e. The second kappa shape index (κ2) is 11.3. The van der Waals surface area contributed by atoms with E-state index in [1.165, 1.54) is 4.90 Å². The van der Waals surface area contributed by atoms with Crippen LogP contribution < -0.4 is 15.7 Å². The summed E-state index contributed by atoms with van der Waals surface area (Å²) in [6, 6.07) is 19.2. The molecule has 3 aromatic rings. The van der Waals surface area contributed by atoms with Crippen molar-refractivity contribution in [1.82, 2.24) is 10.8 Å². The highest BCUT2D eigenvalue weighted by atomic mass is 16.5. The number of benzene rings is 3. The smallest absolute Gasteiger partial charge is 0.266 e. The molecule has 0 fully saturated rings. The summed E-state index contributed by atoms with van der Waals surface area (Å²) in [6.07, 6.45) is -0.403. The van der Waals surface area contributed by atoms with E-state index in [4.69, 9.17) is 0 Å². The molecule has 9 nitrogen and oxygen atoms in total. The van der Waals surface area contributed by atoms with E-state index >= 15 is 0 Å². The van der Waals surface area contributed by atoms with Crippen LogP contribution in [0.15, 0.2) is 66.7 Å². The number of phenolic OH excluding ortho intramolecular Hbond substituents is 1. The molecule has 1 aliphatic carbocycles. The van der Waals surface area contributed by atoms with E-state index in [9.17, 15) is 30.3 Å². The van der Waals surface area contributed by atoms with Gasteiger partial charge in [-0.15, -0.1) is 0 Å². The number of anilines is 1. The van der Waals surface area contributed by atoms with E-state index in [1.54, 1.807) is 61.9 Å². The van der Waals surface area contributed by atoms with Crippen LogP contribution >= 0.6 is 0 Å². The van der Waals surface area contributed by atoms with Crippen molar-refractivity contribution in [3.63, 3.8) is 0 Å². The van der Waals surface area contributed by atoms with Gasteiger partial charge in [0.1, 0.15) is 11.8 Å². The number of aliphatic hydroxyl groups is 1. The van der Waals surface area contributed by atoms with Crippen molar-refractivity contribution in [1.29, 1.82) is 5.26 Å². The van der Waals surface area contributed by atoms with Crippen LogP contribution in [0, 0.1) is 24.2 Å². The molecular weight excluding hydrogens is 484 g/mol. The van der Waals surface area contributed by atoms with E-state index in [-0.39, 0.29) is 12.2 Å². The molecule has 0 saturated carbocycles. The Morgan fingerprint density at radius 2 is 1.87 bits per heavy atom. The number of aromatic hydroxyl groups is 1. The quantitative estimate of drug-likeness (QED) is 0.229. The third-order valence-corrected chi connectivity index (χ3v) is 7.13. The number of amides is 2. The topological polar surface area (TPSA) is 146 Å². The van der Waals surface area contributed by atoms with Crippen LogP contribution in [0.1, 0.15) is 33.9 Å². The molecule has 9 heteroatoms. The molecule has 4 unspecified atom stereocenters. The first-order chi connectivity index (χ1) is 18.2. The summed E-state index contributed by atoms with van der Waals surface area (Å²) in [6.45, 7) is 1.75. The van der Waals surface area contributed by atoms with E-state index in [0.29, 0.717) is 28.8 Å². The Morgan fingerprint density at radius 1 is 1.11 bits per heavy atom. The van der Waals surface area contributed by atoms with Crippen LogP contribution in [0.4, 0.5) is 5.69 Å². The Bertz CT molecular complexity index is 1390. The zero-order valence-corrected chi connectivity index (χ0v) is 21.1. The van der Waals surface area contributed by atoms with Gasteiger partial charge in [-0.3, -0.25) is 14.8 Å². The van der Waals surface area contributed by atoms with Gasteiger partial charge in [0.25, 0.3) is 5.91 Å². The number of aryl methyl sites for hydroxylation is 1. The summed E-state index contributed by atoms with van der Waals surface area (Å²) in [5.74, 6) is -2.33. The first-order valence-electron chi connectivity index (χ1n) is 12.2. The molecule has 38 heavy (non-hydrogen) atoms. The fraction of sp³-hybridized carbons (Fsp3) is 0.276. The zero-order chi connectivity index (χ0) is 27.4. The first kappa shape index (κ1) is 26.7. The Kier molecular flexibility index (Phi) is 7.96. The van der Waals surface area contributed by atoms with Crippen LogP contribution in [0.25, 0.3) is 0 Å². The molecule has 2 amide bonds. The minimum absolute atomic E-state index is 0.0461. The van der Waals surface area contributed by atoms with Gasteiger partial charge < -0.3 is 20.4 Å². The van der Waals surface area contributed by atoms with Crippen molar-refractivity contribution in [2.24, 2.45) is 5.92 Å². The Labute approximate surface area is 220 Å². The zero-order valence-electron chi connectivity index (χ0n) is 21.1. The van der Waals surface area contributed by atoms with Crippen molar-refractivity contribution < 1.29 is 25.0 Å². The van der Waals surface area contributed by atoms with Gasteiger partial charge >= 0.3 is 0 Å². The van der Waals surface area contributed by atoms with E-state index < -0.39 is 35.9 Å². The maximum absolute atomic E-state index is 13.9. The molecule has 4 atom stereocenters. The third kappa shape index (κ3) is 5.47. The second-order valence-electron chi connectivity index (χ2n) is 9.58. The molecule has 0 radical (unpaired) electrons. The van der Waals surface area contributed by atoms with E-state index in [1.807, 2.05) is 24.3 Å². The number of nitrogens with zero attached hydrogens (tertiary/aromatic N) is 2. The number of likely N-dealkylation sites (N-methyl/N-ethyl adjacent to an activating group) is 1. The number of carbonyl (C=O) groups excluding carboxylic acids is 2. The summed E-state index contributed by atoms with van der Waals surface area (Å²) in [7, 11) is 1.60. The standard InChI is InChI=1S/C29H30N4O5/c1-17-10-11-18(14-24(17)34)13-23(28(36)31-26-22-9-4-3-7-20(22)15-25(26)35)27(29(37)32-38)33(2)21-8-5-6-19(12-21)16-30/h3-12,14,23,25-27,34-35,38H,13,15H2,1-2H3,(H,31,36)(H,32,37). The average Bonchev–Trinajstić information content (AvgIpc) is 3.24. The fourth-order valence-corrected chi connectivity index (χ4v) is 5.04. The van der Waals surface area contributed by atoms with Crippen LogP contribution in [0.3, 0.4) is 0 Å². The molecular formula is C29H30N4O5. The van der Waals surface area contributed by atoms with Gasteiger partial charge in [-0.05, 0) is 59.9 Å². The predicted octanol–water partition coefficient (Wildman–Crippen LogP) is 2.52. The highest BCUT2D eigenvalue weighted by molar-refractivity contribution is 5.92. The first-order valence-corrected chi connectivity index (χ1v) is 12.2. The second-order valence-corrected chi connectivity index (χ2v) is 9.58. The van der Waals surface area contributed by atoms with Gasteiger partial charge in [-0.25, -0.2) is 5.48 Å². The number of hydroxylamine groups is 1. The van der Waals surface area contributed by atoms with Gasteiger partial charge in [0, 0.05) is 19.2 Å². The molecule has 0 aromatic heterocycles. The molecule has 4 rings (SSSR count).